The van der Waals surface area contributed by atoms with E-state index in [1.807, 2.05) is 13.8 Å². The summed E-state index contributed by atoms with van der Waals surface area (Å²) in [5, 5.41) is 20.0. The molecular weight excluding hydrogens is 344 g/mol. The van der Waals surface area contributed by atoms with Crippen LogP contribution in [0.3, 0.4) is 0 Å². The zero-order chi connectivity index (χ0) is 20.4. The van der Waals surface area contributed by atoms with Crippen LogP contribution in [0.4, 0.5) is 0 Å². The summed E-state index contributed by atoms with van der Waals surface area (Å²) in [7, 11) is 0. The average molecular weight is 387 g/mol. The Balaban J connectivity index is 1.63. The molecule has 28 heavy (non-hydrogen) atoms. The molecule has 4 atom stereocenters. The van der Waals surface area contributed by atoms with Crippen molar-refractivity contribution in [3.05, 3.63) is 35.5 Å². The van der Waals surface area contributed by atoms with E-state index < -0.39 is 5.60 Å². The van der Waals surface area contributed by atoms with E-state index in [0.29, 0.717) is 5.41 Å². The Hall–Kier alpha value is -0.860. The quantitative estimate of drug-likeness (QED) is 0.512. The molecule has 0 aliphatic heterocycles. The molecule has 3 unspecified atom stereocenters. The van der Waals surface area contributed by atoms with Crippen LogP contribution in [0.1, 0.15) is 97.8 Å². The first-order valence-corrected chi connectivity index (χ1v) is 11.7. The van der Waals surface area contributed by atoms with Crippen molar-refractivity contribution in [3.63, 3.8) is 0 Å². The lowest BCUT2D eigenvalue weighted by molar-refractivity contribution is 0.0660. The number of fused-ring (bicyclic) bond motifs is 1. The topological polar surface area (TPSA) is 40.5 Å². The van der Waals surface area contributed by atoms with Crippen LogP contribution in [-0.2, 0) is 0 Å². The number of allylic oxidation sites excluding steroid dienone is 3. The minimum Gasteiger partial charge on any atom is -0.390 e. The lowest BCUT2D eigenvalue weighted by Gasteiger charge is -2.42. The van der Waals surface area contributed by atoms with Gasteiger partial charge in [0.2, 0.25) is 0 Å². The van der Waals surface area contributed by atoms with Crippen LogP contribution in [0.2, 0.25) is 0 Å². The molecule has 0 bridgehead atoms. The molecule has 0 amide bonds. The molecule has 0 aromatic rings. The summed E-state index contributed by atoms with van der Waals surface area (Å²) in [4.78, 5) is 0. The van der Waals surface area contributed by atoms with Gasteiger partial charge in [0.1, 0.15) is 0 Å². The smallest absolute Gasteiger partial charge is 0.0787 e. The van der Waals surface area contributed by atoms with E-state index in [2.05, 4.69) is 25.7 Å². The minimum atomic E-state index is -0.521. The molecule has 0 spiro atoms. The lowest BCUT2D eigenvalue weighted by atomic mass is 9.62. The number of unbranched alkanes of at least 4 members (excludes halogenated alkanes) is 1. The highest BCUT2D eigenvalue weighted by atomic mass is 16.3. The molecule has 2 nitrogen and oxygen atoms in total. The summed E-state index contributed by atoms with van der Waals surface area (Å²) in [6, 6.07) is 0. The summed E-state index contributed by atoms with van der Waals surface area (Å²) in [5.74, 6) is 1.57. The molecule has 3 aliphatic carbocycles. The zero-order valence-corrected chi connectivity index (χ0v) is 18.5. The lowest BCUT2D eigenvalue weighted by Crippen LogP contribution is -2.33. The fourth-order valence-electron chi connectivity index (χ4n) is 6.20. The van der Waals surface area contributed by atoms with E-state index in [9.17, 15) is 10.2 Å². The first kappa shape index (κ1) is 21.8. The predicted octanol–water partition coefficient (Wildman–Crippen LogP) is 6.49. The Morgan fingerprint density at radius 3 is 2.64 bits per heavy atom. The maximum absolute atomic E-state index is 10.1. The van der Waals surface area contributed by atoms with Crippen LogP contribution in [0.25, 0.3) is 0 Å². The Labute approximate surface area is 172 Å². The summed E-state index contributed by atoms with van der Waals surface area (Å²) in [6.45, 7) is 10.5. The maximum Gasteiger partial charge on any atom is 0.0787 e. The molecule has 0 aromatic carbocycles. The van der Waals surface area contributed by atoms with Gasteiger partial charge >= 0.3 is 0 Å². The summed E-state index contributed by atoms with van der Waals surface area (Å²) < 4.78 is 0. The molecule has 3 rings (SSSR count). The summed E-state index contributed by atoms with van der Waals surface area (Å²) in [6.07, 6.45) is 18.6. The van der Waals surface area contributed by atoms with E-state index in [1.165, 1.54) is 50.5 Å². The standard InChI is InChI=1S/C26H42O2/c1-19-20(9-7-12-24(19)27)13-14-21-10-8-18-26(4)22(15-16-23(21)26)11-5-6-17-25(2,3)28/h13-14,22-24,27-28H,1,5-12,15-18H2,2-4H3/b20-13-,21-14+/t22?,23?,24-,26?/m0/s1. The van der Waals surface area contributed by atoms with E-state index >= 15 is 0 Å². The number of aliphatic hydroxyl groups is 2. The Morgan fingerprint density at radius 2 is 1.89 bits per heavy atom. The molecule has 3 saturated carbocycles. The Kier molecular flexibility index (Phi) is 6.92. The molecule has 0 radical (unpaired) electrons. The van der Waals surface area contributed by atoms with Gasteiger partial charge in [0.15, 0.2) is 0 Å². The van der Waals surface area contributed by atoms with Gasteiger partial charge in [-0.25, -0.2) is 0 Å². The van der Waals surface area contributed by atoms with Crippen LogP contribution in [0.5, 0.6) is 0 Å². The predicted molar refractivity (Wildman–Crippen MR) is 118 cm³/mol. The molecule has 2 N–H and O–H groups in total. The van der Waals surface area contributed by atoms with Crippen LogP contribution >= 0.6 is 0 Å². The normalized spacial score (nSPS) is 36.9. The van der Waals surface area contributed by atoms with Gasteiger partial charge in [0, 0.05) is 0 Å². The SMILES string of the molecule is C=C1/C(=C\C=C2/CCCC3(C)C(CCCCC(C)(C)O)CCC23)CCC[C@@H]1O. The first-order chi connectivity index (χ1) is 13.2. The van der Waals surface area contributed by atoms with Crippen LogP contribution < -0.4 is 0 Å². The van der Waals surface area contributed by atoms with Gasteiger partial charge < -0.3 is 10.2 Å². The molecule has 2 heteroatoms. The Bertz CT molecular complexity index is 621. The molecule has 0 saturated heterocycles. The van der Waals surface area contributed by atoms with Gasteiger partial charge in [0.05, 0.1) is 11.7 Å². The van der Waals surface area contributed by atoms with Crippen molar-refractivity contribution >= 4 is 0 Å². The van der Waals surface area contributed by atoms with Crippen molar-refractivity contribution in [2.24, 2.45) is 17.3 Å². The first-order valence-electron chi connectivity index (χ1n) is 11.7. The van der Waals surface area contributed by atoms with Gasteiger partial charge in [-0.15, -0.1) is 0 Å². The van der Waals surface area contributed by atoms with Crippen LogP contribution in [0.15, 0.2) is 35.5 Å². The number of aliphatic hydroxyl groups excluding tert-OH is 1. The van der Waals surface area contributed by atoms with Crippen molar-refractivity contribution < 1.29 is 10.2 Å². The number of rotatable bonds is 6. The highest BCUT2D eigenvalue weighted by molar-refractivity contribution is 5.37. The highest BCUT2D eigenvalue weighted by Crippen LogP contribution is 2.58. The van der Waals surface area contributed by atoms with Gasteiger partial charge in [-0.3, -0.25) is 0 Å². The fraction of sp³-hybridized carbons (Fsp3) is 0.769. The fourth-order valence-corrected chi connectivity index (χ4v) is 6.20. The number of hydrogen-bond donors (Lipinski definition) is 2. The van der Waals surface area contributed by atoms with Crippen molar-refractivity contribution in [1.29, 1.82) is 0 Å². The molecule has 3 aliphatic rings. The van der Waals surface area contributed by atoms with Crippen LogP contribution in [0, 0.1) is 17.3 Å². The second-order valence-corrected chi connectivity index (χ2v) is 10.6. The van der Waals surface area contributed by atoms with Crippen molar-refractivity contribution in [1.82, 2.24) is 0 Å². The Morgan fingerprint density at radius 1 is 1.11 bits per heavy atom. The van der Waals surface area contributed by atoms with E-state index in [0.717, 1.165) is 49.5 Å². The molecule has 3 fully saturated rings. The molecule has 158 valence electrons. The van der Waals surface area contributed by atoms with Gasteiger partial charge in [-0.1, -0.05) is 44.1 Å². The second-order valence-electron chi connectivity index (χ2n) is 10.6. The highest BCUT2D eigenvalue weighted by Gasteiger charge is 2.48. The second kappa shape index (κ2) is 8.88. The summed E-state index contributed by atoms with van der Waals surface area (Å²) >= 11 is 0. The number of hydrogen-bond acceptors (Lipinski definition) is 2. The summed E-state index contributed by atoms with van der Waals surface area (Å²) in [5.41, 5.74) is 3.79. The van der Waals surface area contributed by atoms with Gasteiger partial charge in [-0.05, 0) is 106 Å². The average Bonchev–Trinajstić information content (AvgIpc) is 2.96. The third-order valence-electron chi connectivity index (χ3n) is 7.99. The third-order valence-corrected chi connectivity index (χ3v) is 7.99. The monoisotopic (exact) mass is 386 g/mol. The molecule has 0 heterocycles. The maximum atomic E-state index is 10.1. The third kappa shape index (κ3) is 5.00. The van der Waals surface area contributed by atoms with Gasteiger partial charge in [-0.2, -0.15) is 0 Å². The zero-order valence-electron chi connectivity index (χ0n) is 18.5. The van der Waals surface area contributed by atoms with Crippen molar-refractivity contribution in [2.45, 2.75) is 110 Å². The van der Waals surface area contributed by atoms with Crippen molar-refractivity contribution in [3.8, 4) is 0 Å². The molecule has 0 aromatic heterocycles. The van der Waals surface area contributed by atoms with E-state index in [4.69, 9.17) is 0 Å². The van der Waals surface area contributed by atoms with E-state index in [1.54, 1.807) is 5.57 Å². The van der Waals surface area contributed by atoms with Gasteiger partial charge in [0.25, 0.3) is 0 Å². The largest absolute Gasteiger partial charge is 0.390 e. The molecular formula is C26H42O2. The van der Waals surface area contributed by atoms with E-state index in [-0.39, 0.29) is 6.10 Å². The minimum absolute atomic E-state index is 0.338. The van der Waals surface area contributed by atoms with Crippen molar-refractivity contribution in [2.75, 3.05) is 0 Å². The van der Waals surface area contributed by atoms with Crippen LogP contribution in [-0.4, -0.2) is 21.9 Å².